The van der Waals surface area contributed by atoms with Crippen LogP contribution in [0.5, 0.6) is 0 Å². The Morgan fingerprint density at radius 3 is 2.26 bits per heavy atom. The van der Waals surface area contributed by atoms with Gasteiger partial charge in [0.05, 0.1) is 17.0 Å². The number of nitrogens with two attached hydrogens (primary N) is 1. The van der Waals surface area contributed by atoms with E-state index in [4.69, 9.17) is 5.90 Å². The predicted molar refractivity (Wildman–Crippen MR) is 146 cm³/mol. The lowest BCUT2D eigenvalue weighted by molar-refractivity contribution is -0.149. The van der Waals surface area contributed by atoms with Gasteiger partial charge in [0.2, 0.25) is 0 Å². The zero-order valence-electron chi connectivity index (χ0n) is 23.8. The molecule has 2 aliphatic heterocycles. The molecule has 1 saturated heterocycles. The van der Waals surface area contributed by atoms with Crippen LogP contribution in [0.2, 0.25) is 0 Å². The fraction of sp³-hybridized carbons (Fsp3) is 0.581. The number of benzene rings is 2. The highest BCUT2D eigenvalue weighted by atomic mass is 19.4. The van der Waals surface area contributed by atoms with Crippen molar-refractivity contribution >= 4 is 11.7 Å². The van der Waals surface area contributed by atoms with E-state index in [9.17, 15) is 31.1 Å². The van der Waals surface area contributed by atoms with E-state index in [0.717, 1.165) is 49.8 Å². The SMILES string of the molecule is C[C@H](C(=O)ON)[C@H](c1ccc2c(c1)N(C)C(C1CCN(Cc3cc(C(F)(F)F)ccc3C(F)(F)F)CC1)CC2)C1CC1. The molecule has 3 atom stereocenters. The molecule has 42 heavy (non-hydrogen) atoms. The topological polar surface area (TPSA) is 58.8 Å². The second-order valence-corrected chi connectivity index (χ2v) is 12.2. The lowest BCUT2D eigenvalue weighted by Gasteiger charge is -2.44. The molecule has 2 aromatic rings. The summed E-state index contributed by atoms with van der Waals surface area (Å²) in [6.07, 6.45) is -3.98. The van der Waals surface area contributed by atoms with E-state index < -0.39 is 29.4 Å². The minimum Gasteiger partial charge on any atom is -0.373 e. The average molecular weight is 598 g/mol. The molecular formula is C31H37F6N3O2. The van der Waals surface area contributed by atoms with Crippen LogP contribution < -0.4 is 10.8 Å². The lowest BCUT2D eigenvalue weighted by atomic mass is 9.79. The molecule has 0 amide bonds. The number of rotatable bonds is 7. The highest BCUT2D eigenvalue weighted by Crippen LogP contribution is 2.48. The first-order valence-corrected chi connectivity index (χ1v) is 14.5. The van der Waals surface area contributed by atoms with Crippen molar-refractivity contribution in [3.63, 3.8) is 0 Å². The number of halogens is 6. The molecule has 1 aliphatic carbocycles. The number of aryl methyl sites for hydroxylation is 1. The van der Waals surface area contributed by atoms with Crippen molar-refractivity contribution < 1.29 is 36.0 Å². The molecule has 2 heterocycles. The molecule has 1 unspecified atom stereocenters. The third kappa shape index (κ3) is 6.41. The Labute approximate surface area is 241 Å². The summed E-state index contributed by atoms with van der Waals surface area (Å²) in [5.41, 5.74) is 1.03. The summed E-state index contributed by atoms with van der Waals surface area (Å²) < 4.78 is 80.5. The molecule has 1 saturated carbocycles. The van der Waals surface area contributed by atoms with E-state index in [0.29, 0.717) is 43.1 Å². The van der Waals surface area contributed by atoms with Gasteiger partial charge in [0.1, 0.15) is 0 Å². The highest BCUT2D eigenvalue weighted by Gasteiger charge is 2.41. The zero-order valence-corrected chi connectivity index (χ0v) is 23.8. The van der Waals surface area contributed by atoms with E-state index in [2.05, 4.69) is 35.0 Å². The average Bonchev–Trinajstić information content (AvgIpc) is 3.78. The summed E-state index contributed by atoms with van der Waals surface area (Å²) in [5.74, 6) is 5.16. The van der Waals surface area contributed by atoms with Gasteiger partial charge in [0.15, 0.2) is 0 Å². The number of piperidine rings is 1. The molecule has 0 radical (unpaired) electrons. The number of hydrogen-bond donors (Lipinski definition) is 1. The third-order valence-electron chi connectivity index (χ3n) is 9.55. The van der Waals surface area contributed by atoms with Crippen LogP contribution in [-0.2, 0) is 35.0 Å². The summed E-state index contributed by atoms with van der Waals surface area (Å²) in [4.78, 5) is 21.0. The van der Waals surface area contributed by atoms with Gasteiger partial charge >= 0.3 is 18.3 Å². The minimum atomic E-state index is -4.73. The summed E-state index contributed by atoms with van der Waals surface area (Å²) >= 11 is 0. The Morgan fingerprint density at radius 2 is 1.67 bits per heavy atom. The maximum Gasteiger partial charge on any atom is 0.416 e. The first kappa shape index (κ1) is 30.7. The van der Waals surface area contributed by atoms with E-state index in [1.807, 2.05) is 11.8 Å². The fourth-order valence-electron chi connectivity index (χ4n) is 7.15. The number of alkyl halides is 6. The molecule has 0 aromatic heterocycles. The van der Waals surface area contributed by atoms with Crippen molar-refractivity contribution in [3.8, 4) is 0 Å². The second-order valence-electron chi connectivity index (χ2n) is 12.2. The fourth-order valence-corrected chi connectivity index (χ4v) is 7.15. The molecule has 2 aromatic carbocycles. The zero-order chi connectivity index (χ0) is 30.4. The standard InChI is InChI=1S/C31H37F6N3O2/c1-18(29(41)42-38)28(21-4-5-21)22-6-3-19-7-10-26(39(2)27(19)16-22)20-11-13-40(14-12-20)17-23-15-24(30(32,33)34)8-9-25(23)31(35,36)37/h3,6,8-9,15-16,18,20-21,26,28H,4-5,7,10-14,17,38H2,1-2H3/t18-,26?,28-/m0/s1. The number of hydrogen-bond acceptors (Lipinski definition) is 5. The molecule has 2 N–H and O–H groups in total. The minimum absolute atomic E-state index is 0.0285. The van der Waals surface area contributed by atoms with E-state index in [1.54, 1.807) is 0 Å². The van der Waals surface area contributed by atoms with Crippen molar-refractivity contribution in [2.24, 2.45) is 23.7 Å². The molecular weight excluding hydrogens is 560 g/mol. The van der Waals surface area contributed by atoms with Crippen molar-refractivity contribution in [2.75, 3.05) is 25.0 Å². The summed E-state index contributed by atoms with van der Waals surface area (Å²) in [7, 11) is 2.07. The molecule has 3 aliphatic rings. The number of carbonyl (C=O) groups is 1. The van der Waals surface area contributed by atoms with Crippen LogP contribution in [-0.4, -0.2) is 37.0 Å². The summed E-state index contributed by atoms with van der Waals surface area (Å²) in [5, 5.41) is 0. The van der Waals surface area contributed by atoms with Crippen LogP contribution in [0, 0.1) is 17.8 Å². The maximum absolute atomic E-state index is 13.6. The molecule has 230 valence electrons. The molecule has 5 rings (SSSR count). The maximum atomic E-state index is 13.6. The Morgan fingerprint density at radius 1 is 0.976 bits per heavy atom. The normalized spacial score (nSPS) is 22.0. The summed E-state index contributed by atoms with van der Waals surface area (Å²) in [6.45, 7) is 2.70. The number of nitrogens with zero attached hydrogens (tertiary/aromatic N) is 2. The first-order chi connectivity index (χ1) is 19.8. The molecule has 11 heteroatoms. The van der Waals surface area contributed by atoms with Gasteiger partial charge in [-0.2, -0.15) is 32.2 Å². The predicted octanol–water partition coefficient (Wildman–Crippen LogP) is 6.93. The molecule has 0 bridgehead atoms. The van der Waals surface area contributed by atoms with Gasteiger partial charge in [-0.15, -0.1) is 0 Å². The number of anilines is 1. The van der Waals surface area contributed by atoms with Gasteiger partial charge in [0, 0.05) is 25.3 Å². The van der Waals surface area contributed by atoms with Crippen molar-refractivity contribution in [1.29, 1.82) is 0 Å². The molecule has 2 fully saturated rings. The van der Waals surface area contributed by atoms with E-state index in [1.165, 1.54) is 5.56 Å². The Hall–Kier alpha value is -2.79. The van der Waals surface area contributed by atoms with Crippen molar-refractivity contribution in [1.82, 2.24) is 4.90 Å². The molecule has 0 spiro atoms. The number of likely N-dealkylation sites (tertiary alicyclic amines) is 1. The Balaban J connectivity index is 1.28. The van der Waals surface area contributed by atoms with Crippen LogP contribution in [0.1, 0.15) is 72.8 Å². The van der Waals surface area contributed by atoms with Gasteiger partial charge in [-0.05, 0) is 110 Å². The van der Waals surface area contributed by atoms with Crippen LogP contribution >= 0.6 is 0 Å². The lowest BCUT2D eigenvalue weighted by Crippen LogP contribution is -2.46. The number of carbonyl (C=O) groups excluding carboxylic acids is 1. The van der Waals surface area contributed by atoms with Gasteiger partial charge in [-0.1, -0.05) is 19.1 Å². The molecule has 5 nitrogen and oxygen atoms in total. The third-order valence-corrected chi connectivity index (χ3v) is 9.55. The van der Waals surface area contributed by atoms with E-state index >= 15 is 0 Å². The van der Waals surface area contributed by atoms with E-state index in [-0.39, 0.29) is 30.0 Å². The van der Waals surface area contributed by atoms with Crippen molar-refractivity contribution in [3.05, 3.63) is 64.2 Å². The van der Waals surface area contributed by atoms with Crippen LogP contribution in [0.15, 0.2) is 36.4 Å². The van der Waals surface area contributed by atoms with Crippen molar-refractivity contribution in [2.45, 2.75) is 76.3 Å². The van der Waals surface area contributed by atoms with Crippen LogP contribution in [0.4, 0.5) is 32.0 Å². The largest absolute Gasteiger partial charge is 0.416 e. The Kier molecular flexibility index (Phi) is 8.55. The summed E-state index contributed by atoms with van der Waals surface area (Å²) in [6, 6.07) is 8.35. The van der Waals surface area contributed by atoms with Crippen LogP contribution in [0.25, 0.3) is 0 Å². The van der Waals surface area contributed by atoms with Crippen LogP contribution in [0.3, 0.4) is 0 Å². The monoisotopic (exact) mass is 597 g/mol. The van der Waals surface area contributed by atoms with Gasteiger partial charge in [-0.3, -0.25) is 9.69 Å². The second kappa shape index (κ2) is 11.7. The Bertz CT molecular complexity index is 1280. The van der Waals surface area contributed by atoms with Gasteiger partial charge < -0.3 is 9.74 Å². The highest BCUT2D eigenvalue weighted by molar-refractivity contribution is 5.73. The quantitative estimate of drug-likeness (QED) is 0.277. The van der Waals surface area contributed by atoms with Gasteiger partial charge in [-0.25, -0.2) is 0 Å². The first-order valence-electron chi connectivity index (χ1n) is 14.5. The number of fused-ring (bicyclic) bond motifs is 1. The smallest absolute Gasteiger partial charge is 0.373 e. The van der Waals surface area contributed by atoms with Gasteiger partial charge in [0.25, 0.3) is 0 Å².